The van der Waals surface area contributed by atoms with Gasteiger partial charge in [-0.15, -0.1) is 0 Å². The zero-order valence-corrected chi connectivity index (χ0v) is 14.1. The lowest BCUT2D eigenvalue weighted by Crippen LogP contribution is -2.60. The molecule has 0 unspecified atom stereocenters. The summed E-state index contributed by atoms with van der Waals surface area (Å²) in [5.41, 5.74) is 8.43. The summed E-state index contributed by atoms with van der Waals surface area (Å²) in [6.45, 7) is 3.27. The first kappa shape index (κ1) is 20.8. The third-order valence-electron chi connectivity index (χ3n) is 3.39. The van der Waals surface area contributed by atoms with Gasteiger partial charge in [-0.2, -0.15) is 0 Å². The molecule has 0 heterocycles. The van der Waals surface area contributed by atoms with Crippen molar-refractivity contribution in [1.82, 2.24) is 16.0 Å². The highest BCUT2D eigenvalue weighted by atomic mass is 16.2. The lowest BCUT2D eigenvalue weighted by Gasteiger charge is -2.40. The minimum Gasteiger partial charge on any atom is -0.370 e. The normalized spacial score (nSPS) is 11.7. The standard InChI is InChI=1S/C14H27N5O4/c1-13(5-9(15)20,6-10(16)21)19-14(2,7-11(22)17-3)8-12(23)18-4/h19H,5-8H2,1-4H3,(H2,15,20)(H2,16,21)(H,17,22)(H,18,23). The fraction of sp³-hybridized carbons (Fsp3) is 0.714. The van der Waals surface area contributed by atoms with Gasteiger partial charge in [-0.3, -0.25) is 19.2 Å². The molecule has 0 aliphatic heterocycles. The van der Waals surface area contributed by atoms with Gasteiger partial charge in [0, 0.05) is 50.9 Å². The van der Waals surface area contributed by atoms with E-state index >= 15 is 0 Å². The Hall–Kier alpha value is -2.16. The predicted molar refractivity (Wildman–Crippen MR) is 84.9 cm³/mol. The molecule has 0 saturated heterocycles. The number of hydrogen-bond acceptors (Lipinski definition) is 5. The average molecular weight is 329 g/mol. The third kappa shape index (κ3) is 8.15. The van der Waals surface area contributed by atoms with Crippen LogP contribution in [0.1, 0.15) is 39.5 Å². The van der Waals surface area contributed by atoms with Crippen LogP contribution < -0.4 is 27.4 Å². The van der Waals surface area contributed by atoms with Gasteiger partial charge in [0.15, 0.2) is 0 Å². The smallest absolute Gasteiger partial charge is 0.221 e. The highest BCUT2D eigenvalue weighted by Crippen LogP contribution is 2.24. The van der Waals surface area contributed by atoms with Crippen molar-refractivity contribution in [3.8, 4) is 0 Å². The van der Waals surface area contributed by atoms with Crippen molar-refractivity contribution in [2.24, 2.45) is 11.5 Å². The van der Waals surface area contributed by atoms with Gasteiger partial charge in [-0.05, 0) is 13.8 Å². The van der Waals surface area contributed by atoms with Gasteiger partial charge >= 0.3 is 0 Å². The molecule has 0 aromatic rings. The Bertz CT molecular complexity index is 444. The van der Waals surface area contributed by atoms with Crippen LogP contribution in [-0.4, -0.2) is 48.8 Å². The Labute approximate surface area is 135 Å². The topological polar surface area (TPSA) is 156 Å². The molecule has 0 fully saturated rings. The number of primary amides is 2. The molecule has 0 saturated carbocycles. The number of rotatable bonds is 10. The maximum absolute atomic E-state index is 11.8. The summed E-state index contributed by atoms with van der Waals surface area (Å²) in [5.74, 6) is -1.82. The second kappa shape index (κ2) is 8.47. The Kier molecular flexibility index (Phi) is 7.67. The third-order valence-corrected chi connectivity index (χ3v) is 3.39. The Balaban J connectivity index is 5.48. The number of amides is 4. The van der Waals surface area contributed by atoms with Crippen molar-refractivity contribution in [2.75, 3.05) is 14.1 Å². The van der Waals surface area contributed by atoms with Gasteiger partial charge in [-0.1, -0.05) is 0 Å². The molecule has 9 heteroatoms. The molecule has 23 heavy (non-hydrogen) atoms. The maximum atomic E-state index is 11.8. The summed E-state index contributed by atoms with van der Waals surface area (Å²) >= 11 is 0. The molecule has 0 spiro atoms. The maximum Gasteiger partial charge on any atom is 0.221 e. The van der Waals surface area contributed by atoms with Crippen molar-refractivity contribution in [3.05, 3.63) is 0 Å². The van der Waals surface area contributed by atoms with Gasteiger partial charge in [-0.25, -0.2) is 0 Å². The number of hydrogen-bond donors (Lipinski definition) is 5. The Morgan fingerprint density at radius 1 is 0.739 bits per heavy atom. The minimum atomic E-state index is -1.06. The van der Waals surface area contributed by atoms with E-state index in [-0.39, 0.29) is 37.5 Å². The van der Waals surface area contributed by atoms with Crippen LogP contribution in [0, 0.1) is 0 Å². The fourth-order valence-electron chi connectivity index (χ4n) is 2.68. The van der Waals surface area contributed by atoms with Gasteiger partial charge < -0.3 is 27.4 Å². The molecule has 0 aliphatic rings. The molecule has 0 radical (unpaired) electrons. The van der Waals surface area contributed by atoms with Crippen molar-refractivity contribution < 1.29 is 19.2 Å². The zero-order chi connectivity index (χ0) is 18.3. The summed E-state index contributed by atoms with van der Waals surface area (Å²) < 4.78 is 0. The van der Waals surface area contributed by atoms with E-state index in [0.717, 1.165) is 0 Å². The van der Waals surface area contributed by atoms with Crippen LogP contribution >= 0.6 is 0 Å². The summed E-state index contributed by atoms with van der Waals surface area (Å²) in [6, 6.07) is 0. The van der Waals surface area contributed by atoms with Gasteiger partial charge in [0.1, 0.15) is 0 Å². The number of carbonyl (C=O) groups is 4. The lowest BCUT2D eigenvalue weighted by molar-refractivity contribution is -0.124. The molecule has 0 aromatic carbocycles. The summed E-state index contributed by atoms with van der Waals surface area (Å²) in [7, 11) is 2.96. The van der Waals surface area contributed by atoms with Crippen molar-refractivity contribution >= 4 is 23.6 Å². The van der Waals surface area contributed by atoms with E-state index < -0.39 is 22.9 Å². The molecule has 0 atom stereocenters. The first-order valence-electron chi connectivity index (χ1n) is 7.22. The second-order valence-corrected chi connectivity index (χ2v) is 6.23. The second-order valence-electron chi connectivity index (χ2n) is 6.23. The van der Waals surface area contributed by atoms with Crippen LogP contribution in [0.15, 0.2) is 0 Å². The van der Waals surface area contributed by atoms with Gasteiger partial charge in [0.2, 0.25) is 23.6 Å². The van der Waals surface area contributed by atoms with E-state index in [1.54, 1.807) is 13.8 Å². The first-order chi connectivity index (χ1) is 10.4. The van der Waals surface area contributed by atoms with Crippen LogP contribution in [-0.2, 0) is 19.2 Å². The van der Waals surface area contributed by atoms with E-state index in [9.17, 15) is 19.2 Å². The van der Waals surface area contributed by atoms with Gasteiger partial charge in [0.25, 0.3) is 0 Å². The Morgan fingerprint density at radius 3 is 1.30 bits per heavy atom. The molecule has 7 N–H and O–H groups in total. The first-order valence-corrected chi connectivity index (χ1v) is 7.22. The van der Waals surface area contributed by atoms with E-state index in [2.05, 4.69) is 16.0 Å². The fourth-order valence-corrected chi connectivity index (χ4v) is 2.68. The van der Waals surface area contributed by atoms with Crippen LogP contribution in [0.25, 0.3) is 0 Å². The highest BCUT2D eigenvalue weighted by Gasteiger charge is 2.39. The molecule has 4 amide bonds. The Morgan fingerprint density at radius 2 is 1.04 bits per heavy atom. The van der Waals surface area contributed by atoms with E-state index in [0.29, 0.717) is 0 Å². The molecule has 9 nitrogen and oxygen atoms in total. The van der Waals surface area contributed by atoms with Crippen LogP contribution in [0.3, 0.4) is 0 Å². The molecule has 0 rings (SSSR count). The average Bonchev–Trinajstić information content (AvgIpc) is 2.34. The van der Waals surface area contributed by atoms with E-state index in [4.69, 9.17) is 11.5 Å². The highest BCUT2D eigenvalue weighted by molar-refractivity contribution is 5.82. The monoisotopic (exact) mass is 329 g/mol. The molecular weight excluding hydrogens is 302 g/mol. The summed E-state index contributed by atoms with van der Waals surface area (Å²) in [5, 5.41) is 8.05. The minimum absolute atomic E-state index is 0.0238. The van der Waals surface area contributed by atoms with Crippen molar-refractivity contribution in [3.63, 3.8) is 0 Å². The molecule has 132 valence electrons. The zero-order valence-electron chi connectivity index (χ0n) is 14.1. The van der Waals surface area contributed by atoms with Gasteiger partial charge in [0.05, 0.1) is 0 Å². The van der Waals surface area contributed by atoms with E-state index in [1.165, 1.54) is 14.1 Å². The van der Waals surface area contributed by atoms with Crippen LogP contribution in [0.2, 0.25) is 0 Å². The van der Waals surface area contributed by atoms with Crippen LogP contribution in [0.4, 0.5) is 0 Å². The molecule has 0 bridgehead atoms. The van der Waals surface area contributed by atoms with Crippen LogP contribution in [0.5, 0.6) is 0 Å². The molecular formula is C14H27N5O4. The molecule has 0 aromatic heterocycles. The summed E-state index contributed by atoms with van der Waals surface area (Å²) in [6.07, 6.45) is -0.367. The summed E-state index contributed by atoms with van der Waals surface area (Å²) in [4.78, 5) is 46.1. The largest absolute Gasteiger partial charge is 0.370 e. The molecule has 0 aliphatic carbocycles. The van der Waals surface area contributed by atoms with Crippen molar-refractivity contribution in [2.45, 2.75) is 50.6 Å². The number of carbonyl (C=O) groups excluding carboxylic acids is 4. The van der Waals surface area contributed by atoms with Crippen molar-refractivity contribution in [1.29, 1.82) is 0 Å². The number of nitrogens with two attached hydrogens (primary N) is 2. The lowest BCUT2D eigenvalue weighted by atomic mass is 9.84. The SMILES string of the molecule is CNC(=O)CC(C)(CC(=O)NC)NC(C)(CC(N)=O)CC(N)=O. The predicted octanol–water partition coefficient (Wildman–Crippen LogP) is -1.88. The number of nitrogens with one attached hydrogen (secondary N) is 3. The van der Waals surface area contributed by atoms with E-state index in [1.807, 2.05) is 0 Å². The quantitative estimate of drug-likeness (QED) is 0.317.